The van der Waals surface area contributed by atoms with Crippen LogP contribution in [0.3, 0.4) is 0 Å². The summed E-state index contributed by atoms with van der Waals surface area (Å²) in [6.07, 6.45) is 2.32. The van der Waals surface area contributed by atoms with Crippen molar-refractivity contribution < 1.29 is 27.7 Å². The molecule has 0 rings (SSSR count). The lowest BCUT2D eigenvalue weighted by Crippen LogP contribution is -2.49. The molecule has 0 aliphatic heterocycles. The Hall–Kier alpha value is -1.37. The number of rotatable bonds is 8. The first-order valence-electron chi connectivity index (χ1n) is 6.46. The van der Waals surface area contributed by atoms with Crippen LogP contribution in [0, 0.1) is 0 Å². The Morgan fingerprint density at radius 3 is 1.79 bits per heavy atom. The summed E-state index contributed by atoms with van der Waals surface area (Å²) >= 11 is 0. The third-order valence-electron chi connectivity index (χ3n) is 2.16. The number of hydrogen-bond acceptors (Lipinski definition) is 6. The lowest BCUT2D eigenvalue weighted by Gasteiger charge is -2.26. The van der Waals surface area contributed by atoms with Gasteiger partial charge in [-0.3, -0.25) is 14.4 Å². The monoisotopic (exact) mass is 290 g/mol. The zero-order valence-corrected chi connectivity index (χ0v) is 13.0. The van der Waals surface area contributed by atoms with Crippen LogP contribution < -0.4 is 0 Å². The van der Waals surface area contributed by atoms with E-state index in [4.69, 9.17) is 13.3 Å². The van der Waals surface area contributed by atoms with Gasteiger partial charge in [0.25, 0.3) is 17.9 Å². The minimum atomic E-state index is -3.58. The van der Waals surface area contributed by atoms with Gasteiger partial charge >= 0.3 is 8.80 Å². The van der Waals surface area contributed by atoms with Crippen LogP contribution in [0.2, 0.25) is 6.04 Å². The molecule has 0 radical (unpaired) electrons. The number of carbonyl (C=O) groups excluding carboxylic acids is 3. The van der Waals surface area contributed by atoms with Crippen molar-refractivity contribution in [3.05, 3.63) is 0 Å². The maximum atomic E-state index is 11.7. The molecule has 0 aromatic rings. The van der Waals surface area contributed by atoms with Gasteiger partial charge in [-0.1, -0.05) is 20.3 Å². The SMILES string of the molecule is CCCCC(=O)O[Si](CCC)(OC(C)=O)OC(C)=O. The molecule has 19 heavy (non-hydrogen) atoms. The molecule has 0 N–H and O–H groups in total. The lowest BCUT2D eigenvalue weighted by molar-refractivity contribution is -0.148. The molecule has 0 saturated heterocycles. The molecular formula is C12H22O6Si. The lowest BCUT2D eigenvalue weighted by atomic mass is 10.3. The predicted molar refractivity (Wildman–Crippen MR) is 70.0 cm³/mol. The van der Waals surface area contributed by atoms with E-state index in [1.165, 1.54) is 13.8 Å². The molecule has 0 heterocycles. The van der Waals surface area contributed by atoms with Gasteiger partial charge in [0, 0.05) is 20.3 Å². The minimum Gasteiger partial charge on any atom is -0.455 e. The van der Waals surface area contributed by atoms with Crippen LogP contribution in [-0.2, 0) is 27.7 Å². The average Bonchev–Trinajstić information content (AvgIpc) is 2.24. The summed E-state index contributed by atoms with van der Waals surface area (Å²) < 4.78 is 15.3. The summed E-state index contributed by atoms with van der Waals surface area (Å²) in [6.45, 7) is 6.17. The molecule has 0 aliphatic carbocycles. The molecule has 0 aromatic heterocycles. The average molecular weight is 290 g/mol. The Kier molecular flexibility index (Phi) is 8.05. The number of unbranched alkanes of at least 4 members (excludes halogenated alkanes) is 1. The molecule has 0 amide bonds. The first kappa shape index (κ1) is 17.6. The van der Waals surface area contributed by atoms with E-state index in [0.717, 1.165) is 6.42 Å². The van der Waals surface area contributed by atoms with Crippen LogP contribution in [0.4, 0.5) is 0 Å². The summed E-state index contributed by atoms with van der Waals surface area (Å²) in [5, 5.41) is 0. The standard InChI is InChI=1S/C12H22O6Si/c1-5-7-8-12(15)18-19(9-6-2,16-10(3)13)17-11(4)14/h5-9H2,1-4H3. The van der Waals surface area contributed by atoms with Crippen LogP contribution >= 0.6 is 0 Å². The van der Waals surface area contributed by atoms with Crippen molar-refractivity contribution in [1.29, 1.82) is 0 Å². The Labute approximate surface area is 114 Å². The van der Waals surface area contributed by atoms with E-state index in [1.807, 2.05) is 13.8 Å². The first-order valence-corrected chi connectivity index (χ1v) is 8.39. The van der Waals surface area contributed by atoms with Gasteiger partial charge in [0.15, 0.2) is 0 Å². The molecule has 110 valence electrons. The first-order chi connectivity index (χ1) is 8.85. The Morgan fingerprint density at radius 2 is 1.42 bits per heavy atom. The van der Waals surface area contributed by atoms with Gasteiger partial charge in [0.2, 0.25) is 0 Å². The summed E-state index contributed by atoms with van der Waals surface area (Å²) in [4.78, 5) is 34.0. The van der Waals surface area contributed by atoms with E-state index >= 15 is 0 Å². The maximum Gasteiger partial charge on any atom is 0.705 e. The van der Waals surface area contributed by atoms with Crippen LogP contribution in [0.5, 0.6) is 0 Å². The molecule has 0 aliphatic rings. The van der Waals surface area contributed by atoms with Gasteiger partial charge in [-0.2, -0.15) is 0 Å². The highest BCUT2D eigenvalue weighted by molar-refractivity contribution is 6.65. The summed E-state index contributed by atoms with van der Waals surface area (Å²) in [5.41, 5.74) is 0. The molecule has 0 fully saturated rings. The maximum absolute atomic E-state index is 11.7. The second-order valence-electron chi connectivity index (χ2n) is 4.20. The summed E-state index contributed by atoms with van der Waals surface area (Å²) in [6, 6.07) is 0.240. The van der Waals surface area contributed by atoms with E-state index in [2.05, 4.69) is 0 Å². The van der Waals surface area contributed by atoms with E-state index in [1.54, 1.807) is 0 Å². The van der Waals surface area contributed by atoms with Crippen molar-refractivity contribution in [2.75, 3.05) is 0 Å². The molecule has 0 spiro atoms. The molecular weight excluding hydrogens is 268 g/mol. The predicted octanol–water partition coefficient (Wildman–Crippen LogP) is 2.19. The molecule has 6 nitrogen and oxygen atoms in total. The molecule has 0 atom stereocenters. The smallest absolute Gasteiger partial charge is 0.455 e. The van der Waals surface area contributed by atoms with Crippen molar-refractivity contribution in [3.8, 4) is 0 Å². The minimum absolute atomic E-state index is 0.220. The highest BCUT2D eigenvalue weighted by atomic mass is 28.4. The van der Waals surface area contributed by atoms with Crippen LogP contribution in [0.25, 0.3) is 0 Å². The normalized spacial score (nSPS) is 10.7. The molecule has 0 bridgehead atoms. The fourth-order valence-corrected chi connectivity index (χ4v) is 3.87. The van der Waals surface area contributed by atoms with Crippen LogP contribution in [0.15, 0.2) is 0 Å². The quantitative estimate of drug-likeness (QED) is 0.638. The van der Waals surface area contributed by atoms with Gasteiger partial charge in [0.05, 0.1) is 6.04 Å². The van der Waals surface area contributed by atoms with Crippen molar-refractivity contribution in [3.63, 3.8) is 0 Å². The van der Waals surface area contributed by atoms with Crippen LogP contribution in [-0.4, -0.2) is 26.7 Å². The van der Waals surface area contributed by atoms with Gasteiger partial charge < -0.3 is 13.3 Å². The van der Waals surface area contributed by atoms with Gasteiger partial charge in [-0.05, 0) is 12.8 Å². The molecule has 0 saturated carbocycles. The Morgan fingerprint density at radius 1 is 0.895 bits per heavy atom. The second-order valence-corrected chi connectivity index (χ2v) is 6.68. The fourth-order valence-electron chi connectivity index (χ4n) is 1.51. The van der Waals surface area contributed by atoms with E-state index < -0.39 is 26.7 Å². The molecule has 7 heteroatoms. The molecule has 0 unspecified atom stereocenters. The topological polar surface area (TPSA) is 78.9 Å². The highest BCUT2D eigenvalue weighted by Crippen LogP contribution is 2.20. The van der Waals surface area contributed by atoms with Crippen molar-refractivity contribution >= 4 is 26.7 Å². The summed E-state index contributed by atoms with van der Waals surface area (Å²) in [5.74, 6) is -1.74. The van der Waals surface area contributed by atoms with Gasteiger partial charge in [-0.25, -0.2) is 0 Å². The molecule has 0 aromatic carbocycles. The van der Waals surface area contributed by atoms with E-state index in [0.29, 0.717) is 12.8 Å². The van der Waals surface area contributed by atoms with Crippen LogP contribution in [0.1, 0.15) is 53.4 Å². The largest absolute Gasteiger partial charge is 0.705 e. The number of hydrogen-bond donors (Lipinski definition) is 0. The van der Waals surface area contributed by atoms with Crippen molar-refractivity contribution in [2.24, 2.45) is 0 Å². The highest BCUT2D eigenvalue weighted by Gasteiger charge is 2.51. The zero-order valence-electron chi connectivity index (χ0n) is 12.0. The third-order valence-corrected chi connectivity index (χ3v) is 5.01. The Bertz CT molecular complexity index is 312. The second kappa shape index (κ2) is 8.68. The Balaban J connectivity index is 4.91. The number of carbonyl (C=O) groups is 3. The third kappa shape index (κ3) is 7.61. The fraction of sp³-hybridized carbons (Fsp3) is 0.750. The van der Waals surface area contributed by atoms with E-state index in [9.17, 15) is 14.4 Å². The zero-order chi connectivity index (χ0) is 14.9. The summed E-state index contributed by atoms with van der Waals surface area (Å²) in [7, 11) is -3.58. The van der Waals surface area contributed by atoms with Crippen molar-refractivity contribution in [1.82, 2.24) is 0 Å². The van der Waals surface area contributed by atoms with E-state index in [-0.39, 0.29) is 12.5 Å². The van der Waals surface area contributed by atoms with Crippen molar-refractivity contribution in [2.45, 2.75) is 59.4 Å². The van der Waals surface area contributed by atoms with Gasteiger partial charge in [0.1, 0.15) is 0 Å². The van der Waals surface area contributed by atoms with Gasteiger partial charge in [-0.15, -0.1) is 0 Å².